The van der Waals surface area contributed by atoms with E-state index in [0.29, 0.717) is 17.1 Å². The summed E-state index contributed by atoms with van der Waals surface area (Å²) in [5.41, 5.74) is 0.516. The Morgan fingerprint density at radius 1 is 1.50 bits per heavy atom. The topological polar surface area (TPSA) is 38.3 Å². The van der Waals surface area contributed by atoms with Crippen LogP contribution in [-0.2, 0) is 4.74 Å². The molecule has 0 spiro atoms. The van der Waals surface area contributed by atoms with Crippen molar-refractivity contribution < 1.29 is 9.53 Å². The van der Waals surface area contributed by atoms with Crippen molar-refractivity contribution in [2.75, 3.05) is 13.2 Å². The Bertz CT molecular complexity index is 375. The molecular formula is C12H14ClNO2. The van der Waals surface area contributed by atoms with E-state index in [4.69, 9.17) is 16.3 Å². The third-order valence-corrected chi connectivity index (χ3v) is 2.96. The van der Waals surface area contributed by atoms with Crippen LogP contribution in [0.5, 0.6) is 0 Å². The predicted molar refractivity (Wildman–Crippen MR) is 62.8 cm³/mol. The Balaban J connectivity index is 1.90. The maximum absolute atomic E-state index is 11.8. The van der Waals surface area contributed by atoms with Gasteiger partial charge in [0.25, 0.3) is 5.91 Å². The van der Waals surface area contributed by atoms with Crippen LogP contribution in [0.4, 0.5) is 0 Å². The first kappa shape index (κ1) is 11.4. The molecule has 16 heavy (non-hydrogen) atoms. The Hall–Kier alpha value is -1.06. The van der Waals surface area contributed by atoms with Crippen molar-refractivity contribution in [2.45, 2.75) is 18.9 Å². The van der Waals surface area contributed by atoms with Crippen LogP contribution in [0.3, 0.4) is 0 Å². The van der Waals surface area contributed by atoms with Crippen LogP contribution < -0.4 is 5.32 Å². The molecule has 1 N–H and O–H groups in total. The van der Waals surface area contributed by atoms with Crippen LogP contribution in [0.15, 0.2) is 24.3 Å². The summed E-state index contributed by atoms with van der Waals surface area (Å²) < 4.78 is 5.42. The zero-order valence-electron chi connectivity index (χ0n) is 8.91. The number of amides is 1. The van der Waals surface area contributed by atoms with Crippen molar-refractivity contribution in [1.82, 2.24) is 5.32 Å². The molecule has 0 aliphatic carbocycles. The number of hydrogen-bond acceptors (Lipinski definition) is 2. The predicted octanol–water partition coefficient (Wildman–Crippen LogP) is 2.25. The van der Waals surface area contributed by atoms with Gasteiger partial charge < -0.3 is 10.1 Å². The van der Waals surface area contributed by atoms with E-state index < -0.39 is 0 Å². The Morgan fingerprint density at radius 2 is 2.31 bits per heavy atom. The fraction of sp³-hybridized carbons (Fsp3) is 0.417. The summed E-state index contributed by atoms with van der Waals surface area (Å²) in [6, 6.07) is 7.03. The van der Waals surface area contributed by atoms with Crippen LogP contribution in [0.2, 0.25) is 5.02 Å². The lowest BCUT2D eigenvalue weighted by Crippen LogP contribution is -2.31. The lowest BCUT2D eigenvalue weighted by molar-refractivity contribution is 0.0858. The molecule has 1 atom stereocenters. The summed E-state index contributed by atoms with van der Waals surface area (Å²) >= 11 is 5.92. The summed E-state index contributed by atoms with van der Waals surface area (Å²) in [6.07, 6.45) is 2.25. The second-order valence-corrected chi connectivity index (χ2v) is 4.23. The summed E-state index contributed by atoms with van der Waals surface area (Å²) in [6.45, 7) is 1.36. The molecule has 1 aromatic rings. The largest absolute Gasteiger partial charge is 0.376 e. The van der Waals surface area contributed by atoms with Crippen LogP contribution in [-0.4, -0.2) is 25.2 Å². The van der Waals surface area contributed by atoms with Gasteiger partial charge in [-0.25, -0.2) is 0 Å². The zero-order chi connectivity index (χ0) is 11.4. The fourth-order valence-electron chi connectivity index (χ4n) is 1.75. The quantitative estimate of drug-likeness (QED) is 0.879. The average Bonchev–Trinajstić information content (AvgIpc) is 2.79. The van der Waals surface area contributed by atoms with E-state index in [0.717, 1.165) is 19.4 Å². The third-order valence-electron chi connectivity index (χ3n) is 2.63. The second kappa shape index (κ2) is 5.32. The zero-order valence-corrected chi connectivity index (χ0v) is 9.67. The van der Waals surface area contributed by atoms with Crippen molar-refractivity contribution in [3.8, 4) is 0 Å². The van der Waals surface area contributed by atoms with Crippen molar-refractivity contribution in [1.29, 1.82) is 0 Å². The first-order valence-corrected chi connectivity index (χ1v) is 5.79. The van der Waals surface area contributed by atoms with Gasteiger partial charge in [0.15, 0.2) is 0 Å². The number of halogens is 1. The van der Waals surface area contributed by atoms with Gasteiger partial charge in [-0.1, -0.05) is 23.7 Å². The Morgan fingerprint density at radius 3 is 3.00 bits per heavy atom. The van der Waals surface area contributed by atoms with E-state index in [2.05, 4.69) is 5.32 Å². The lowest BCUT2D eigenvalue weighted by Gasteiger charge is -2.11. The van der Waals surface area contributed by atoms with Gasteiger partial charge in [-0.05, 0) is 25.0 Å². The van der Waals surface area contributed by atoms with Gasteiger partial charge in [0.1, 0.15) is 0 Å². The minimum Gasteiger partial charge on any atom is -0.376 e. The second-order valence-electron chi connectivity index (χ2n) is 3.82. The minimum absolute atomic E-state index is 0.138. The van der Waals surface area contributed by atoms with E-state index in [1.54, 1.807) is 24.3 Å². The molecular weight excluding hydrogens is 226 g/mol. The van der Waals surface area contributed by atoms with Crippen molar-refractivity contribution in [3.63, 3.8) is 0 Å². The van der Waals surface area contributed by atoms with Gasteiger partial charge in [-0.15, -0.1) is 0 Å². The minimum atomic E-state index is -0.138. The molecule has 1 fully saturated rings. The molecule has 86 valence electrons. The summed E-state index contributed by atoms with van der Waals surface area (Å²) in [5.74, 6) is -0.138. The van der Waals surface area contributed by atoms with Crippen LogP contribution in [0.1, 0.15) is 23.2 Å². The molecule has 0 saturated carbocycles. The number of carbonyl (C=O) groups is 1. The number of ether oxygens (including phenoxy) is 1. The molecule has 1 aliphatic rings. The van der Waals surface area contributed by atoms with Gasteiger partial charge in [0.05, 0.1) is 16.7 Å². The number of nitrogens with one attached hydrogen (secondary N) is 1. The van der Waals surface area contributed by atoms with E-state index >= 15 is 0 Å². The first-order valence-electron chi connectivity index (χ1n) is 5.41. The standard InChI is InChI=1S/C12H14ClNO2/c13-11-6-2-1-5-10(11)12(15)14-8-9-4-3-7-16-9/h1-2,5-6,9H,3-4,7-8H2,(H,14,15)/t9-/m1/s1. The van der Waals surface area contributed by atoms with Crippen molar-refractivity contribution in [3.05, 3.63) is 34.9 Å². The van der Waals surface area contributed by atoms with Crippen molar-refractivity contribution in [2.24, 2.45) is 0 Å². The van der Waals surface area contributed by atoms with Crippen LogP contribution in [0, 0.1) is 0 Å². The van der Waals surface area contributed by atoms with E-state index in [1.165, 1.54) is 0 Å². The summed E-state index contributed by atoms with van der Waals surface area (Å²) in [5, 5.41) is 3.31. The lowest BCUT2D eigenvalue weighted by atomic mass is 10.2. The molecule has 4 heteroatoms. The highest BCUT2D eigenvalue weighted by Gasteiger charge is 2.17. The summed E-state index contributed by atoms with van der Waals surface area (Å²) in [4.78, 5) is 11.8. The van der Waals surface area contributed by atoms with Crippen LogP contribution in [0.25, 0.3) is 0 Å². The fourth-order valence-corrected chi connectivity index (χ4v) is 1.97. The molecule has 2 rings (SSSR count). The monoisotopic (exact) mass is 239 g/mol. The SMILES string of the molecule is O=C(NC[C@H]1CCCO1)c1ccccc1Cl. The molecule has 1 heterocycles. The van der Waals surface area contributed by atoms with E-state index in [1.807, 2.05) is 0 Å². The third kappa shape index (κ3) is 2.74. The molecule has 1 amide bonds. The molecule has 0 bridgehead atoms. The van der Waals surface area contributed by atoms with Gasteiger partial charge in [-0.3, -0.25) is 4.79 Å². The highest BCUT2D eigenvalue weighted by molar-refractivity contribution is 6.33. The smallest absolute Gasteiger partial charge is 0.252 e. The molecule has 0 aromatic heterocycles. The van der Waals surface area contributed by atoms with E-state index in [-0.39, 0.29) is 12.0 Å². The van der Waals surface area contributed by atoms with Gasteiger partial charge in [0.2, 0.25) is 0 Å². The highest BCUT2D eigenvalue weighted by Crippen LogP contribution is 2.15. The Kier molecular flexibility index (Phi) is 3.80. The van der Waals surface area contributed by atoms with E-state index in [9.17, 15) is 4.79 Å². The Labute approximate surface area is 99.7 Å². The average molecular weight is 240 g/mol. The van der Waals surface area contributed by atoms with Gasteiger partial charge in [-0.2, -0.15) is 0 Å². The normalized spacial score (nSPS) is 19.7. The molecule has 1 saturated heterocycles. The maximum atomic E-state index is 11.8. The van der Waals surface area contributed by atoms with Crippen molar-refractivity contribution >= 4 is 17.5 Å². The van der Waals surface area contributed by atoms with Crippen LogP contribution >= 0.6 is 11.6 Å². The number of rotatable bonds is 3. The summed E-state index contributed by atoms with van der Waals surface area (Å²) in [7, 11) is 0. The van der Waals surface area contributed by atoms with Gasteiger partial charge >= 0.3 is 0 Å². The first-order chi connectivity index (χ1) is 7.77. The van der Waals surface area contributed by atoms with Gasteiger partial charge in [0, 0.05) is 13.2 Å². The molecule has 0 unspecified atom stereocenters. The molecule has 1 aromatic carbocycles. The number of carbonyl (C=O) groups excluding carboxylic acids is 1. The highest BCUT2D eigenvalue weighted by atomic mass is 35.5. The molecule has 3 nitrogen and oxygen atoms in total. The maximum Gasteiger partial charge on any atom is 0.252 e. The number of hydrogen-bond donors (Lipinski definition) is 1. The molecule has 0 radical (unpaired) electrons. The molecule has 1 aliphatic heterocycles. The number of benzene rings is 1.